The van der Waals surface area contributed by atoms with Crippen LogP contribution in [0.1, 0.15) is 17.5 Å². The molecule has 4 nitrogen and oxygen atoms in total. The maximum atomic E-state index is 8.94. The lowest BCUT2D eigenvalue weighted by molar-refractivity contribution is 0.311. The Morgan fingerprint density at radius 2 is 2.05 bits per heavy atom. The molecule has 0 saturated heterocycles. The van der Waals surface area contributed by atoms with Crippen LogP contribution in [0, 0.1) is 0 Å². The summed E-state index contributed by atoms with van der Waals surface area (Å²) in [7, 11) is 0. The fourth-order valence-electron chi connectivity index (χ4n) is 2.63. The molecule has 1 aliphatic rings. The maximum Gasteiger partial charge on any atom is 0.133 e. The summed E-state index contributed by atoms with van der Waals surface area (Å²) in [5.74, 6) is 0.857. The zero-order valence-corrected chi connectivity index (χ0v) is 10.8. The number of benzene rings is 1. The molecule has 2 N–H and O–H groups in total. The Morgan fingerprint density at radius 1 is 1.16 bits per heavy atom. The molecular formula is C15H17N3O. The molecule has 0 aliphatic heterocycles. The molecule has 98 valence electrons. The van der Waals surface area contributed by atoms with Crippen LogP contribution in [0.15, 0.2) is 30.6 Å². The van der Waals surface area contributed by atoms with Crippen molar-refractivity contribution in [2.45, 2.75) is 19.3 Å². The number of fused-ring (bicyclic) bond motifs is 3. The molecule has 0 atom stereocenters. The number of aromatic nitrogens is 2. The molecule has 19 heavy (non-hydrogen) atoms. The lowest BCUT2D eigenvalue weighted by Gasteiger charge is -2.12. The molecule has 1 aromatic carbocycles. The van der Waals surface area contributed by atoms with Crippen LogP contribution in [0.25, 0.3) is 11.3 Å². The number of hydrogen-bond donors (Lipinski definition) is 2. The lowest BCUT2D eigenvalue weighted by Crippen LogP contribution is -2.10. The third-order valence-corrected chi connectivity index (χ3v) is 3.49. The zero-order chi connectivity index (χ0) is 13.1. The number of hydrogen-bond acceptors (Lipinski definition) is 4. The van der Waals surface area contributed by atoms with Gasteiger partial charge in [-0.25, -0.2) is 9.97 Å². The fourth-order valence-corrected chi connectivity index (χ4v) is 2.63. The minimum absolute atomic E-state index is 0.107. The molecule has 3 rings (SSSR count). The second kappa shape index (κ2) is 5.36. The summed E-state index contributed by atoms with van der Waals surface area (Å²) >= 11 is 0. The summed E-state index contributed by atoms with van der Waals surface area (Å²) in [6, 6.07) is 8.43. The summed E-state index contributed by atoms with van der Waals surface area (Å²) in [4.78, 5) is 8.79. The van der Waals surface area contributed by atoms with Gasteiger partial charge in [0.1, 0.15) is 12.1 Å². The first-order chi connectivity index (χ1) is 9.40. The lowest BCUT2D eigenvalue weighted by atomic mass is 10.0. The second-order valence-corrected chi connectivity index (χ2v) is 4.71. The molecule has 0 unspecified atom stereocenters. The van der Waals surface area contributed by atoms with E-state index in [9.17, 15) is 0 Å². The molecule has 0 amide bonds. The Morgan fingerprint density at radius 3 is 2.95 bits per heavy atom. The van der Waals surface area contributed by atoms with Crippen LogP contribution in [0.4, 0.5) is 5.82 Å². The number of aryl methyl sites for hydroxylation is 1. The van der Waals surface area contributed by atoms with Crippen molar-refractivity contribution >= 4 is 5.82 Å². The van der Waals surface area contributed by atoms with E-state index in [1.807, 2.05) is 0 Å². The SMILES string of the molecule is OCCNc1ncnc2c1CCCc1ccccc1-2. The Labute approximate surface area is 112 Å². The van der Waals surface area contributed by atoms with E-state index in [-0.39, 0.29) is 6.61 Å². The standard InChI is InChI=1S/C15H17N3O/c19-9-8-16-15-13-7-3-5-11-4-1-2-6-12(11)14(13)17-10-18-15/h1-2,4,6,10,19H,3,5,7-9H2,(H,16,17,18). The highest BCUT2D eigenvalue weighted by molar-refractivity contribution is 5.72. The third-order valence-electron chi connectivity index (χ3n) is 3.49. The van der Waals surface area contributed by atoms with Gasteiger partial charge in [-0.2, -0.15) is 0 Å². The van der Waals surface area contributed by atoms with Gasteiger partial charge in [-0.1, -0.05) is 24.3 Å². The van der Waals surface area contributed by atoms with Crippen LogP contribution in [0.3, 0.4) is 0 Å². The van der Waals surface area contributed by atoms with Gasteiger partial charge < -0.3 is 10.4 Å². The molecule has 1 aromatic heterocycles. The third kappa shape index (κ3) is 2.31. The maximum absolute atomic E-state index is 8.94. The summed E-state index contributed by atoms with van der Waals surface area (Å²) in [5, 5.41) is 12.1. The Balaban J connectivity index is 2.09. The van der Waals surface area contributed by atoms with E-state index in [1.165, 1.54) is 16.7 Å². The van der Waals surface area contributed by atoms with Gasteiger partial charge in [0.05, 0.1) is 12.3 Å². The second-order valence-electron chi connectivity index (χ2n) is 4.71. The first kappa shape index (κ1) is 12.1. The van der Waals surface area contributed by atoms with Gasteiger partial charge in [0, 0.05) is 17.7 Å². The summed E-state index contributed by atoms with van der Waals surface area (Å²) in [6.45, 7) is 0.625. The van der Waals surface area contributed by atoms with Crippen LogP contribution in [0.2, 0.25) is 0 Å². The summed E-state index contributed by atoms with van der Waals surface area (Å²) < 4.78 is 0. The van der Waals surface area contributed by atoms with Crippen molar-refractivity contribution in [2.75, 3.05) is 18.5 Å². The van der Waals surface area contributed by atoms with Gasteiger partial charge in [0.2, 0.25) is 0 Å². The zero-order valence-electron chi connectivity index (χ0n) is 10.8. The number of aliphatic hydroxyl groups excluding tert-OH is 1. The average molecular weight is 255 g/mol. The van der Waals surface area contributed by atoms with Crippen LogP contribution >= 0.6 is 0 Å². The molecule has 0 radical (unpaired) electrons. The quantitative estimate of drug-likeness (QED) is 0.881. The predicted molar refractivity (Wildman–Crippen MR) is 75.1 cm³/mol. The molecule has 1 heterocycles. The van der Waals surface area contributed by atoms with E-state index in [2.05, 4.69) is 39.6 Å². The van der Waals surface area contributed by atoms with Gasteiger partial charge in [0.25, 0.3) is 0 Å². The number of aliphatic hydroxyl groups is 1. The predicted octanol–water partition coefficient (Wildman–Crippen LogP) is 2.04. The van der Waals surface area contributed by atoms with Crippen molar-refractivity contribution in [1.29, 1.82) is 0 Å². The van der Waals surface area contributed by atoms with Crippen molar-refractivity contribution < 1.29 is 5.11 Å². The highest BCUT2D eigenvalue weighted by atomic mass is 16.3. The van der Waals surface area contributed by atoms with E-state index < -0.39 is 0 Å². The molecule has 0 saturated carbocycles. The number of nitrogens with zero attached hydrogens (tertiary/aromatic N) is 2. The largest absolute Gasteiger partial charge is 0.395 e. The summed E-state index contributed by atoms with van der Waals surface area (Å²) in [5.41, 5.74) is 4.77. The molecule has 4 heteroatoms. The van der Waals surface area contributed by atoms with Gasteiger partial charge in [-0.3, -0.25) is 0 Å². The van der Waals surface area contributed by atoms with Crippen LogP contribution < -0.4 is 5.32 Å². The van der Waals surface area contributed by atoms with Gasteiger partial charge in [-0.05, 0) is 24.8 Å². The number of anilines is 1. The van der Waals surface area contributed by atoms with Gasteiger partial charge in [-0.15, -0.1) is 0 Å². The van der Waals surface area contributed by atoms with Crippen molar-refractivity contribution in [3.8, 4) is 11.3 Å². The van der Waals surface area contributed by atoms with Gasteiger partial charge >= 0.3 is 0 Å². The topological polar surface area (TPSA) is 58.0 Å². The molecule has 2 aromatic rings. The van der Waals surface area contributed by atoms with E-state index in [0.29, 0.717) is 6.54 Å². The van der Waals surface area contributed by atoms with Crippen molar-refractivity contribution in [1.82, 2.24) is 9.97 Å². The minimum atomic E-state index is 0.107. The minimum Gasteiger partial charge on any atom is -0.395 e. The molecule has 0 fully saturated rings. The monoisotopic (exact) mass is 255 g/mol. The highest BCUT2D eigenvalue weighted by Gasteiger charge is 2.18. The normalized spacial score (nSPS) is 13.3. The Kier molecular flexibility index (Phi) is 3.42. The van der Waals surface area contributed by atoms with E-state index in [1.54, 1.807) is 6.33 Å². The Bertz CT molecular complexity index is 583. The first-order valence-corrected chi connectivity index (χ1v) is 6.67. The number of nitrogens with one attached hydrogen (secondary N) is 1. The fraction of sp³-hybridized carbons (Fsp3) is 0.333. The molecule has 0 bridgehead atoms. The van der Waals surface area contributed by atoms with E-state index >= 15 is 0 Å². The molecule has 0 spiro atoms. The molecule has 1 aliphatic carbocycles. The van der Waals surface area contributed by atoms with Crippen molar-refractivity contribution in [2.24, 2.45) is 0 Å². The van der Waals surface area contributed by atoms with Crippen LogP contribution in [0.5, 0.6) is 0 Å². The van der Waals surface area contributed by atoms with Crippen molar-refractivity contribution in [3.63, 3.8) is 0 Å². The highest BCUT2D eigenvalue weighted by Crippen LogP contribution is 2.33. The first-order valence-electron chi connectivity index (χ1n) is 6.67. The van der Waals surface area contributed by atoms with Crippen molar-refractivity contribution in [3.05, 3.63) is 41.7 Å². The molecular weight excluding hydrogens is 238 g/mol. The van der Waals surface area contributed by atoms with E-state index in [4.69, 9.17) is 5.11 Å². The average Bonchev–Trinajstić information content (AvgIpc) is 2.65. The number of rotatable bonds is 3. The van der Waals surface area contributed by atoms with Crippen LogP contribution in [-0.4, -0.2) is 28.2 Å². The summed E-state index contributed by atoms with van der Waals surface area (Å²) in [6.07, 6.45) is 4.75. The van der Waals surface area contributed by atoms with Gasteiger partial charge in [0.15, 0.2) is 0 Å². The Hall–Kier alpha value is -1.94. The van der Waals surface area contributed by atoms with E-state index in [0.717, 1.165) is 30.8 Å². The van der Waals surface area contributed by atoms with Crippen LogP contribution in [-0.2, 0) is 12.8 Å². The smallest absolute Gasteiger partial charge is 0.133 e.